The van der Waals surface area contributed by atoms with Crippen LogP contribution in [0.3, 0.4) is 0 Å². The van der Waals surface area contributed by atoms with E-state index in [2.05, 4.69) is 24.5 Å². The first-order chi connectivity index (χ1) is 11.0. The van der Waals surface area contributed by atoms with Crippen molar-refractivity contribution < 1.29 is 29.0 Å². The molecular formula is C17H29NO6. The molecule has 0 fully saturated rings. The second kappa shape index (κ2) is 17.0. The van der Waals surface area contributed by atoms with Crippen molar-refractivity contribution >= 4 is 17.9 Å². The smallest absolute Gasteiger partial charge is 0.333 e. The number of esters is 2. The highest BCUT2D eigenvalue weighted by Crippen LogP contribution is 1.91. The molecule has 24 heavy (non-hydrogen) atoms. The lowest BCUT2D eigenvalue weighted by atomic mass is 10.4. The third-order valence-corrected chi connectivity index (χ3v) is 1.94. The molecular weight excluding hydrogens is 314 g/mol. The summed E-state index contributed by atoms with van der Waals surface area (Å²) in [7, 11) is 3.85. The number of carboxylic acid groups (broad SMARTS) is 1. The van der Waals surface area contributed by atoms with Crippen LogP contribution in [0.5, 0.6) is 0 Å². The number of aliphatic carboxylic acids is 1. The largest absolute Gasteiger partial charge is 0.478 e. The molecule has 0 bridgehead atoms. The summed E-state index contributed by atoms with van der Waals surface area (Å²) in [5.41, 5.74) is 0.624. The number of carboxylic acids is 1. The van der Waals surface area contributed by atoms with Crippen molar-refractivity contribution in [3.63, 3.8) is 0 Å². The van der Waals surface area contributed by atoms with E-state index in [-0.39, 0.29) is 17.5 Å². The Morgan fingerprint density at radius 3 is 1.75 bits per heavy atom. The highest BCUT2D eigenvalue weighted by Gasteiger charge is 2.01. The number of rotatable bonds is 7. The van der Waals surface area contributed by atoms with Crippen LogP contribution in [0.4, 0.5) is 0 Å². The standard InChI is InChI=1S/C8H15NO2.C5H8O2.C4H6O2/c1-7(2)8(10)11-6-5-9(3)4;1-3-5(6)7-4-2;1-3(2)4(5)6/h1,5-6H2,2-4H3;3H,1,4H2,2H3;1H2,2H3,(H,5,6). The number of nitrogens with zero attached hydrogens (tertiary/aromatic N) is 1. The number of carbonyl (C=O) groups excluding carboxylic acids is 2. The molecule has 0 radical (unpaired) electrons. The molecule has 0 heterocycles. The Kier molecular flexibility index (Phi) is 18.7. The minimum atomic E-state index is -0.935. The molecule has 0 aliphatic rings. The van der Waals surface area contributed by atoms with Crippen molar-refractivity contribution in [2.45, 2.75) is 20.8 Å². The van der Waals surface area contributed by atoms with Crippen LogP contribution in [-0.2, 0) is 23.9 Å². The Bertz CT molecular complexity index is 428. The van der Waals surface area contributed by atoms with Crippen LogP contribution < -0.4 is 0 Å². The topological polar surface area (TPSA) is 93.1 Å². The third kappa shape index (κ3) is 24.6. The van der Waals surface area contributed by atoms with Gasteiger partial charge in [0.1, 0.15) is 6.61 Å². The van der Waals surface area contributed by atoms with Crippen molar-refractivity contribution in [1.82, 2.24) is 4.90 Å². The highest BCUT2D eigenvalue weighted by molar-refractivity contribution is 5.86. The molecule has 0 saturated carbocycles. The van der Waals surface area contributed by atoms with Crippen molar-refractivity contribution in [1.29, 1.82) is 0 Å². The van der Waals surface area contributed by atoms with E-state index < -0.39 is 5.97 Å². The number of hydrogen-bond acceptors (Lipinski definition) is 6. The van der Waals surface area contributed by atoms with E-state index >= 15 is 0 Å². The molecule has 0 aromatic heterocycles. The summed E-state index contributed by atoms with van der Waals surface area (Å²) >= 11 is 0. The van der Waals surface area contributed by atoms with Crippen LogP contribution in [0.2, 0.25) is 0 Å². The zero-order valence-corrected chi connectivity index (χ0v) is 15.3. The molecule has 0 aromatic carbocycles. The SMILES string of the molecule is C=C(C)C(=O)O.C=C(C)C(=O)OCCN(C)C.C=CC(=O)OCC. The lowest BCUT2D eigenvalue weighted by molar-refractivity contribution is -0.139. The van der Waals surface area contributed by atoms with E-state index in [1.165, 1.54) is 6.92 Å². The van der Waals surface area contributed by atoms with E-state index in [4.69, 9.17) is 9.84 Å². The quantitative estimate of drug-likeness (QED) is 0.558. The van der Waals surface area contributed by atoms with Gasteiger partial charge in [0.15, 0.2) is 0 Å². The second-order valence-electron chi connectivity index (χ2n) is 4.76. The van der Waals surface area contributed by atoms with Gasteiger partial charge in [0.25, 0.3) is 0 Å². The maximum atomic E-state index is 10.8. The molecule has 0 unspecified atom stereocenters. The first-order valence-corrected chi connectivity index (χ1v) is 7.14. The first kappa shape index (κ1) is 26.5. The van der Waals surface area contributed by atoms with E-state index in [0.717, 1.165) is 12.6 Å². The van der Waals surface area contributed by atoms with Gasteiger partial charge >= 0.3 is 17.9 Å². The fraction of sp³-hybridized carbons (Fsp3) is 0.471. The zero-order valence-electron chi connectivity index (χ0n) is 15.3. The summed E-state index contributed by atoms with van der Waals surface area (Å²) in [6.45, 7) is 16.3. The van der Waals surface area contributed by atoms with Crippen LogP contribution in [0, 0.1) is 0 Å². The molecule has 138 valence electrons. The number of likely N-dealkylation sites (N-methyl/N-ethyl adjacent to an activating group) is 1. The van der Waals surface area contributed by atoms with E-state index in [0.29, 0.717) is 18.8 Å². The molecule has 7 nitrogen and oxygen atoms in total. The van der Waals surface area contributed by atoms with Gasteiger partial charge in [-0.05, 0) is 34.9 Å². The molecule has 0 amide bonds. The van der Waals surface area contributed by atoms with Crippen LogP contribution in [0.1, 0.15) is 20.8 Å². The molecule has 0 aliphatic heterocycles. The third-order valence-electron chi connectivity index (χ3n) is 1.94. The van der Waals surface area contributed by atoms with Gasteiger partial charge in [0, 0.05) is 23.8 Å². The Morgan fingerprint density at radius 2 is 1.54 bits per heavy atom. The van der Waals surface area contributed by atoms with Gasteiger partial charge in [-0.3, -0.25) is 0 Å². The number of ether oxygens (including phenoxy) is 2. The Balaban J connectivity index is -0.000000294. The molecule has 1 N–H and O–H groups in total. The van der Waals surface area contributed by atoms with Gasteiger partial charge in [-0.25, -0.2) is 14.4 Å². The predicted octanol–water partition coefficient (Wildman–Crippen LogP) is 2.05. The van der Waals surface area contributed by atoms with Crippen molar-refractivity contribution in [3.05, 3.63) is 37.0 Å². The molecule has 0 spiro atoms. The van der Waals surface area contributed by atoms with Gasteiger partial charge in [0.2, 0.25) is 0 Å². The molecule has 0 aliphatic carbocycles. The Hall–Kier alpha value is -2.41. The van der Waals surface area contributed by atoms with Crippen LogP contribution >= 0.6 is 0 Å². The van der Waals surface area contributed by atoms with E-state index in [1.807, 2.05) is 19.0 Å². The lowest BCUT2D eigenvalue weighted by Gasteiger charge is -2.09. The second-order valence-corrected chi connectivity index (χ2v) is 4.76. The van der Waals surface area contributed by atoms with Crippen molar-refractivity contribution in [2.24, 2.45) is 0 Å². The summed E-state index contributed by atoms with van der Waals surface area (Å²) in [4.78, 5) is 32.4. The van der Waals surface area contributed by atoms with Crippen molar-refractivity contribution in [2.75, 3.05) is 33.9 Å². The Labute approximate surface area is 144 Å². The molecule has 7 heteroatoms. The first-order valence-electron chi connectivity index (χ1n) is 7.14. The maximum Gasteiger partial charge on any atom is 0.333 e. The summed E-state index contributed by atoms with van der Waals surface area (Å²) < 4.78 is 9.27. The Morgan fingerprint density at radius 1 is 1.08 bits per heavy atom. The van der Waals surface area contributed by atoms with Gasteiger partial charge in [-0.2, -0.15) is 0 Å². The summed E-state index contributed by atoms with van der Waals surface area (Å²) in [5, 5.41) is 7.89. The number of carbonyl (C=O) groups is 3. The lowest BCUT2D eigenvalue weighted by Crippen LogP contribution is -2.20. The fourth-order valence-corrected chi connectivity index (χ4v) is 0.645. The molecule has 0 saturated heterocycles. The van der Waals surface area contributed by atoms with Crippen LogP contribution in [0.25, 0.3) is 0 Å². The minimum Gasteiger partial charge on any atom is -0.478 e. The zero-order chi connectivity index (χ0) is 19.7. The molecule has 0 aromatic rings. The predicted molar refractivity (Wildman–Crippen MR) is 93.6 cm³/mol. The maximum absolute atomic E-state index is 10.8. The van der Waals surface area contributed by atoms with Gasteiger partial charge < -0.3 is 19.5 Å². The van der Waals surface area contributed by atoms with E-state index in [1.54, 1.807) is 13.8 Å². The average molecular weight is 343 g/mol. The normalized spacial score (nSPS) is 8.58. The molecule has 0 atom stereocenters. The van der Waals surface area contributed by atoms with Crippen molar-refractivity contribution in [3.8, 4) is 0 Å². The minimum absolute atomic E-state index is 0.176. The van der Waals surface area contributed by atoms with Gasteiger partial charge in [0.05, 0.1) is 6.61 Å². The summed E-state index contributed by atoms with van der Waals surface area (Å²) in [6.07, 6.45) is 1.14. The highest BCUT2D eigenvalue weighted by atomic mass is 16.5. The fourth-order valence-electron chi connectivity index (χ4n) is 0.645. The van der Waals surface area contributed by atoms with Crippen LogP contribution in [-0.4, -0.2) is 61.8 Å². The van der Waals surface area contributed by atoms with E-state index in [9.17, 15) is 14.4 Å². The van der Waals surface area contributed by atoms with Gasteiger partial charge in [-0.15, -0.1) is 0 Å². The summed E-state index contributed by atoms with van der Waals surface area (Å²) in [6, 6.07) is 0. The summed E-state index contributed by atoms with van der Waals surface area (Å²) in [5.74, 6) is -1.61. The van der Waals surface area contributed by atoms with Gasteiger partial charge in [-0.1, -0.05) is 19.7 Å². The van der Waals surface area contributed by atoms with Crippen LogP contribution in [0.15, 0.2) is 37.0 Å². The monoisotopic (exact) mass is 343 g/mol. The number of hydrogen-bond donors (Lipinski definition) is 1. The molecule has 0 rings (SSSR count). The average Bonchev–Trinajstić information content (AvgIpc) is 2.47.